The van der Waals surface area contributed by atoms with Gasteiger partial charge in [-0.15, -0.1) is 0 Å². The third-order valence-corrected chi connectivity index (χ3v) is 2.99. The molecular weight excluding hydrogens is 152 g/mol. The average molecular weight is 166 g/mol. The minimum absolute atomic E-state index is 0.0266. The van der Waals surface area contributed by atoms with E-state index in [1.165, 1.54) is 5.57 Å². The van der Waals surface area contributed by atoms with Gasteiger partial charge in [-0.1, -0.05) is 11.6 Å². The van der Waals surface area contributed by atoms with E-state index in [2.05, 4.69) is 13.0 Å². The molecule has 0 N–H and O–H groups in total. The summed E-state index contributed by atoms with van der Waals surface area (Å²) in [4.78, 5) is 11.3. The van der Waals surface area contributed by atoms with Gasteiger partial charge in [-0.25, -0.2) is 0 Å². The molecule has 12 heavy (non-hydrogen) atoms. The summed E-state index contributed by atoms with van der Waals surface area (Å²) in [5.74, 6) is 0.683. The lowest BCUT2D eigenvalue weighted by atomic mass is 9.76. The predicted molar refractivity (Wildman–Crippen MR) is 45.5 cm³/mol. The highest BCUT2D eigenvalue weighted by Crippen LogP contribution is 2.36. The Morgan fingerprint density at radius 2 is 2.25 bits per heavy atom. The number of hydrogen-bond donors (Lipinski definition) is 0. The van der Waals surface area contributed by atoms with Gasteiger partial charge in [0.25, 0.3) is 0 Å². The molecule has 0 radical (unpaired) electrons. The third kappa shape index (κ3) is 1.15. The van der Waals surface area contributed by atoms with Crippen LogP contribution in [0.25, 0.3) is 0 Å². The van der Waals surface area contributed by atoms with Gasteiger partial charge in [0.15, 0.2) is 0 Å². The molecule has 0 aromatic heterocycles. The number of hydrogen-bond acceptors (Lipinski definition) is 2. The molecule has 2 heteroatoms. The summed E-state index contributed by atoms with van der Waals surface area (Å²) in [6, 6.07) is 0. The summed E-state index contributed by atoms with van der Waals surface area (Å²) in [5, 5.41) is 0. The van der Waals surface area contributed by atoms with E-state index in [0.717, 1.165) is 19.3 Å². The number of ether oxygens (including phenoxy) is 1. The van der Waals surface area contributed by atoms with Crippen LogP contribution in [0.2, 0.25) is 0 Å². The molecule has 2 atom stereocenters. The number of cyclic esters (lactones) is 1. The zero-order valence-corrected chi connectivity index (χ0v) is 7.38. The first-order valence-electron chi connectivity index (χ1n) is 4.62. The first-order chi connectivity index (χ1) is 5.79. The van der Waals surface area contributed by atoms with Crippen LogP contribution in [0.3, 0.4) is 0 Å². The van der Waals surface area contributed by atoms with Gasteiger partial charge in [-0.2, -0.15) is 0 Å². The van der Waals surface area contributed by atoms with Crippen LogP contribution in [0.15, 0.2) is 11.6 Å². The summed E-state index contributed by atoms with van der Waals surface area (Å²) in [7, 11) is 0. The fourth-order valence-electron chi connectivity index (χ4n) is 2.26. The fraction of sp³-hybridized carbons (Fsp3) is 0.700. The number of carbonyl (C=O) groups excluding carboxylic acids is 1. The zero-order chi connectivity index (χ0) is 8.55. The van der Waals surface area contributed by atoms with Crippen molar-refractivity contribution in [1.82, 2.24) is 0 Å². The van der Waals surface area contributed by atoms with Crippen molar-refractivity contribution < 1.29 is 9.53 Å². The molecular formula is C10H14O2. The van der Waals surface area contributed by atoms with Gasteiger partial charge < -0.3 is 4.74 Å². The fourth-order valence-corrected chi connectivity index (χ4v) is 2.26. The molecule has 1 saturated heterocycles. The molecule has 2 rings (SSSR count). The van der Waals surface area contributed by atoms with E-state index in [4.69, 9.17) is 4.74 Å². The average Bonchev–Trinajstić information content (AvgIpc) is 2.07. The van der Waals surface area contributed by atoms with Crippen LogP contribution < -0.4 is 0 Å². The summed E-state index contributed by atoms with van der Waals surface area (Å²) >= 11 is 0. The Morgan fingerprint density at radius 3 is 3.00 bits per heavy atom. The summed E-state index contributed by atoms with van der Waals surface area (Å²) < 4.78 is 5.03. The summed E-state index contributed by atoms with van der Waals surface area (Å²) in [6.07, 6.45) is 5.32. The van der Waals surface area contributed by atoms with E-state index in [1.807, 2.05) is 0 Å². The van der Waals surface area contributed by atoms with Crippen molar-refractivity contribution in [3.05, 3.63) is 11.6 Å². The van der Waals surface area contributed by atoms with Gasteiger partial charge >= 0.3 is 5.97 Å². The monoisotopic (exact) mass is 166 g/mol. The highest BCUT2D eigenvalue weighted by Gasteiger charge is 2.35. The molecule has 66 valence electrons. The van der Waals surface area contributed by atoms with E-state index < -0.39 is 0 Å². The van der Waals surface area contributed by atoms with E-state index >= 15 is 0 Å². The molecule has 0 unspecified atom stereocenters. The number of esters is 1. The molecule has 1 aliphatic carbocycles. The second-order valence-electron chi connectivity index (χ2n) is 3.69. The molecule has 0 amide bonds. The molecule has 0 spiro atoms. The Kier molecular flexibility index (Phi) is 1.91. The zero-order valence-electron chi connectivity index (χ0n) is 7.38. The highest BCUT2D eigenvalue weighted by molar-refractivity contribution is 5.74. The Balaban J connectivity index is 2.20. The van der Waals surface area contributed by atoms with Crippen LogP contribution in [0.5, 0.6) is 0 Å². The van der Waals surface area contributed by atoms with Crippen LogP contribution >= 0.6 is 0 Å². The predicted octanol–water partition coefficient (Wildman–Crippen LogP) is 1.91. The third-order valence-electron chi connectivity index (χ3n) is 2.99. The van der Waals surface area contributed by atoms with Crippen molar-refractivity contribution in [2.24, 2.45) is 11.8 Å². The largest absolute Gasteiger partial charge is 0.465 e. The molecule has 1 aliphatic heterocycles. The van der Waals surface area contributed by atoms with Crippen molar-refractivity contribution in [3.8, 4) is 0 Å². The molecule has 0 saturated carbocycles. The Hall–Kier alpha value is -0.790. The van der Waals surface area contributed by atoms with Gasteiger partial charge in [0.1, 0.15) is 0 Å². The Bertz CT molecular complexity index is 230. The van der Waals surface area contributed by atoms with Crippen molar-refractivity contribution >= 4 is 5.97 Å². The normalized spacial score (nSPS) is 35.1. The molecule has 0 aromatic carbocycles. The van der Waals surface area contributed by atoms with E-state index in [9.17, 15) is 4.79 Å². The standard InChI is InChI=1S/C10H14O2/c1-7-3-2-4-9-8(7)5-6-12-10(9)11/h3,8-9H,2,4-6H2,1H3/t8-,9+/m0/s1. The van der Waals surface area contributed by atoms with Crippen molar-refractivity contribution in [2.75, 3.05) is 6.61 Å². The smallest absolute Gasteiger partial charge is 0.309 e. The van der Waals surface area contributed by atoms with Gasteiger partial charge in [0, 0.05) is 0 Å². The lowest BCUT2D eigenvalue weighted by molar-refractivity contribution is -0.156. The SMILES string of the molecule is CC1=CCC[C@H]2C(=O)OCC[C@@H]12. The van der Waals surface area contributed by atoms with Gasteiger partial charge in [0.2, 0.25) is 0 Å². The maximum Gasteiger partial charge on any atom is 0.309 e. The summed E-state index contributed by atoms with van der Waals surface area (Å²) in [5.41, 5.74) is 1.39. The van der Waals surface area contributed by atoms with Crippen LogP contribution in [0, 0.1) is 11.8 Å². The minimum Gasteiger partial charge on any atom is -0.465 e. The van der Waals surface area contributed by atoms with E-state index in [1.54, 1.807) is 0 Å². The maximum atomic E-state index is 11.3. The van der Waals surface area contributed by atoms with E-state index in [-0.39, 0.29) is 11.9 Å². The molecule has 1 fully saturated rings. The molecule has 2 nitrogen and oxygen atoms in total. The number of fused-ring (bicyclic) bond motifs is 1. The quantitative estimate of drug-likeness (QED) is 0.406. The second kappa shape index (κ2) is 2.92. The van der Waals surface area contributed by atoms with Crippen LogP contribution in [0.4, 0.5) is 0 Å². The van der Waals surface area contributed by atoms with Crippen LogP contribution in [0.1, 0.15) is 26.2 Å². The topological polar surface area (TPSA) is 26.3 Å². The van der Waals surface area contributed by atoms with Crippen LogP contribution in [-0.2, 0) is 9.53 Å². The minimum atomic E-state index is 0.0266. The van der Waals surface area contributed by atoms with E-state index in [0.29, 0.717) is 12.5 Å². The first kappa shape index (κ1) is 7.84. The molecule has 2 aliphatic rings. The lowest BCUT2D eigenvalue weighted by Gasteiger charge is -2.33. The van der Waals surface area contributed by atoms with Gasteiger partial charge in [-0.05, 0) is 32.1 Å². The molecule has 1 heterocycles. The molecule has 0 aromatic rings. The highest BCUT2D eigenvalue weighted by atomic mass is 16.5. The Labute approximate surface area is 72.6 Å². The van der Waals surface area contributed by atoms with Gasteiger partial charge in [0.05, 0.1) is 12.5 Å². The number of carbonyl (C=O) groups is 1. The first-order valence-corrected chi connectivity index (χ1v) is 4.62. The van der Waals surface area contributed by atoms with Crippen LogP contribution in [-0.4, -0.2) is 12.6 Å². The van der Waals surface area contributed by atoms with Crippen molar-refractivity contribution in [3.63, 3.8) is 0 Å². The lowest BCUT2D eigenvalue weighted by Crippen LogP contribution is -2.34. The maximum absolute atomic E-state index is 11.3. The second-order valence-corrected chi connectivity index (χ2v) is 3.69. The molecule has 0 bridgehead atoms. The van der Waals surface area contributed by atoms with Crippen molar-refractivity contribution in [1.29, 1.82) is 0 Å². The van der Waals surface area contributed by atoms with Crippen molar-refractivity contribution in [2.45, 2.75) is 26.2 Å². The number of allylic oxidation sites excluding steroid dienone is 2. The van der Waals surface area contributed by atoms with Gasteiger partial charge in [-0.3, -0.25) is 4.79 Å². The Morgan fingerprint density at radius 1 is 1.42 bits per heavy atom. The summed E-state index contributed by atoms with van der Waals surface area (Å²) in [6.45, 7) is 2.75. The number of rotatable bonds is 0.